The van der Waals surface area contributed by atoms with Crippen LogP contribution in [0.5, 0.6) is 0 Å². The SMILES string of the molecule is CCO[C@]1(c2ccccc2)C=C2c3c(cccc3N3CCC[C@H]31)N(Cc1ccccc1)C2O. The zero-order valence-electron chi connectivity index (χ0n) is 19.0. The van der Waals surface area contributed by atoms with Crippen molar-refractivity contribution in [3.63, 3.8) is 0 Å². The molecule has 3 aliphatic rings. The van der Waals surface area contributed by atoms with Crippen molar-refractivity contribution in [2.45, 2.75) is 44.2 Å². The molecule has 3 aliphatic heterocycles. The molecular weight excluding hydrogens is 408 g/mol. The maximum Gasteiger partial charge on any atom is 0.154 e. The van der Waals surface area contributed by atoms with Crippen molar-refractivity contribution in [2.24, 2.45) is 0 Å². The number of nitrogens with zero attached hydrogens (tertiary/aromatic N) is 2. The van der Waals surface area contributed by atoms with E-state index in [9.17, 15) is 5.11 Å². The van der Waals surface area contributed by atoms with Crippen molar-refractivity contribution in [2.75, 3.05) is 23.0 Å². The van der Waals surface area contributed by atoms with E-state index in [1.807, 2.05) is 6.07 Å². The molecule has 0 aliphatic carbocycles. The van der Waals surface area contributed by atoms with E-state index < -0.39 is 11.8 Å². The third-order valence-corrected chi connectivity index (χ3v) is 7.42. The number of hydrogen-bond acceptors (Lipinski definition) is 4. The summed E-state index contributed by atoms with van der Waals surface area (Å²) in [6.07, 6.45) is 3.73. The summed E-state index contributed by atoms with van der Waals surface area (Å²) >= 11 is 0. The van der Waals surface area contributed by atoms with Crippen molar-refractivity contribution in [3.8, 4) is 0 Å². The van der Waals surface area contributed by atoms with Crippen LogP contribution in [-0.2, 0) is 16.9 Å². The monoisotopic (exact) mass is 438 g/mol. The predicted molar refractivity (Wildman–Crippen MR) is 133 cm³/mol. The quantitative estimate of drug-likeness (QED) is 0.585. The molecule has 0 spiro atoms. The molecule has 0 saturated carbocycles. The van der Waals surface area contributed by atoms with Crippen molar-refractivity contribution < 1.29 is 9.84 Å². The second kappa shape index (κ2) is 8.05. The van der Waals surface area contributed by atoms with Gasteiger partial charge in [-0.15, -0.1) is 0 Å². The van der Waals surface area contributed by atoms with E-state index in [0.717, 1.165) is 41.8 Å². The molecule has 6 rings (SSSR count). The van der Waals surface area contributed by atoms with Crippen LogP contribution in [0.1, 0.15) is 36.5 Å². The summed E-state index contributed by atoms with van der Waals surface area (Å²) in [5.74, 6) is 0. The van der Waals surface area contributed by atoms with Gasteiger partial charge in [-0.05, 0) is 49.1 Å². The third-order valence-electron chi connectivity index (χ3n) is 7.42. The third kappa shape index (κ3) is 3.12. The fourth-order valence-electron chi connectivity index (χ4n) is 6.09. The molecule has 3 atom stereocenters. The Balaban J connectivity index is 1.56. The first-order valence-electron chi connectivity index (χ1n) is 12.0. The second-order valence-electron chi connectivity index (χ2n) is 9.20. The number of rotatable bonds is 5. The van der Waals surface area contributed by atoms with Gasteiger partial charge in [-0.3, -0.25) is 0 Å². The molecule has 1 N–H and O–H groups in total. The van der Waals surface area contributed by atoms with E-state index >= 15 is 0 Å². The smallest absolute Gasteiger partial charge is 0.154 e. The summed E-state index contributed by atoms with van der Waals surface area (Å²) in [5, 5.41) is 11.7. The van der Waals surface area contributed by atoms with Crippen molar-refractivity contribution in [3.05, 3.63) is 102 Å². The number of aliphatic hydroxyl groups is 1. The Hall–Kier alpha value is -3.08. The van der Waals surface area contributed by atoms with Gasteiger partial charge < -0.3 is 19.6 Å². The van der Waals surface area contributed by atoms with Gasteiger partial charge in [0.15, 0.2) is 6.23 Å². The Kier molecular flexibility index (Phi) is 5.01. The summed E-state index contributed by atoms with van der Waals surface area (Å²) in [5.41, 5.74) is 6.16. The summed E-state index contributed by atoms with van der Waals surface area (Å²) in [6, 6.07) is 27.6. The average Bonchev–Trinajstić information content (AvgIpc) is 3.42. The van der Waals surface area contributed by atoms with Crippen molar-refractivity contribution >= 4 is 16.9 Å². The van der Waals surface area contributed by atoms with E-state index in [4.69, 9.17) is 4.74 Å². The Labute approximate surface area is 195 Å². The number of benzene rings is 3. The number of anilines is 2. The molecule has 3 heterocycles. The molecule has 4 heteroatoms. The molecule has 1 fully saturated rings. The van der Waals surface area contributed by atoms with E-state index in [1.165, 1.54) is 11.3 Å². The van der Waals surface area contributed by atoms with Crippen molar-refractivity contribution in [1.82, 2.24) is 0 Å². The van der Waals surface area contributed by atoms with Gasteiger partial charge in [0.2, 0.25) is 0 Å². The molecule has 0 amide bonds. The largest absolute Gasteiger partial charge is 0.369 e. The number of ether oxygens (including phenoxy) is 1. The number of fused-ring (bicyclic) bond motifs is 2. The highest BCUT2D eigenvalue weighted by atomic mass is 16.5. The number of aliphatic hydroxyl groups excluding tert-OH is 1. The lowest BCUT2D eigenvalue weighted by Crippen LogP contribution is -2.48. The van der Waals surface area contributed by atoms with Crippen LogP contribution in [0, 0.1) is 0 Å². The molecule has 0 radical (unpaired) electrons. The highest BCUT2D eigenvalue weighted by Crippen LogP contribution is 2.53. The zero-order chi connectivity index (χ0) is 22.4. The summed E-state index contributed by atoms with van der Waals surface area (Å²) in [4.78, 5) is 4.65. The van der Waals surface area contributed by atoms with Gasteiger partial charge >= 0.3 is 0 Å². The van der Waals surface area contributed by atoms with Crippen LogP contribution >= 0.6 is 0 Å². The highest BCUT2D eigenvalue weighted by Gasteiger charge is 2.50. The number of hydrogen-bond donors (Lipinski definition) is 1. The molecule has 33 heavy (non-hydrogen) atoms. The minimum absolute atomic E-state index is 0.194. The molecule has 168 valence electrons. The fourth-order valence-corrected chi connectivity index (χ4v) is 6.09. The van der Waals surface area contributed by atoms with Crippen molar-refractivity contribution in [1.29, 1.82) is 0 Å². The fraction of sp³-hybridized carbons (Fsp3) is 0.310. The summed E-state index contributed by atoms with van der Waals surface area (Å²) in [6.45, 7) is 4.33. The Morgan fingerprint density at radius 2 is 1.67 bits per heavy atom. The first-order chi connectivity index (χ1) is 16.2. The van der Waals surface area contributed by atoms with Crippen LogP contribution in [-0.4, -0.2) is 30.5 Å². The van der Waals surface area contributed by atoms with Gasteiger partial charge in [0.05, 0.1) is 6.04 Å². The van der Waals surface area contributed by atoms with E-state index in [1.54, 1.807) is 0 Å². The first-order valence-corrected chi connectivity index (χ1v) is 12.0. The van der Waals surface area contributed by atoms with E-state index in [0.29, 0.717) is 13.2 Å². The van der Waals surface area contributed by atoms with Gasteiger partial charge in [-0.1, -0.05) is 66.7 Å². The minimum atomic E-state index is -0.718. The van der Waals surface area contributed by atoms with Gasteiger partial charge in [0, 0.05) is 42.2 Å². The average molecular weight is 439 g/mol. The lowest BCUT2D eigenvalue weighted by Gasteiger charge is -2.41. The predicted octanol–water partition coefficient (Wildman–Crippen LogP) is 5.32. The standard InChI is InChI=1S/C29H30N2O2/c1-2-33-29(22-13-7-4-8-14-22)19-23-27-24(30-18-10-17-26(29)30)15-9-16-25(27)31(28(23)32)20-21-11-5-3-6-12-21/h3-9,11-16,19,26,28,32H,2,10,17-18,20H2,1H3/t26-,28?,29-/m0/s1. The minimum Gasteiger partial charge on any atom is -0.369 e. The van der Waals surface area contributed by atoms with Gasteiger partial charge in [-0.2, -0.15) is 0 Å². The van der Waals surface area contributed by atoms with Crippen LogP contribution in [0.25, 0.3) is 5.57 Å². The molecule has 0 aromatic heterocycles. The Morgan fingerprint density at radius 1 is 0.939 bits per heavy atom. The topological polar surface area (TPSA) is 35.9 Å². The maximum absolute atomic E-state index is 11.7. The molecule has 3 aromatic rings. The van der Waals surface area contributed by atoms with Gasteiger partial charge in [-0.25, -0.2) is 0 Å². The zero-order valence-corrected chi connectivity index (χ0v) is 19.0. The van der Waals surface area contributed by atoms with Crippen LogP contribution < -0.4 is 9.80 Å². The molecular formula is C29H30N2O2. The van der Waals surface area contributed by atoms with E-state index in [-0.39, 0.29) is 6.04 Å². The van der Waals surface area contributed by atoms with Crippen LogP contribution in [0.15, 0.2) is 84.9 Å². The Bertz CT molecular complexity index is 1180. The van der Waals surface area contributed by atoms with E-state index in [2.05, 4.69) is 95.6 Å². The first kappa shape index (κ1) is 20.5. The molecule has 0 bridgehead atoms. The Morgan fingerprint density at radius 3 is 2.42 bits per heavy atom. The van der Waals surface area contributed by atoms with Crippen LogP contribution in [0.3, 0.4) is 0 Å². The molecule has 3 aromatic carbocycles. The van der Waals surface area contributed by atoms with Crippen LogP contribution in [0.4, 0.5) is 11.4 Å². The molecule has 1 unspecified atom stereocenters. The molecule has 1 saturated heterocycles. The normalized spacial score (nSPS) is 25.5. The summed E-state index contributed by atoms with van der Waals surface area (Å²) < 4.78 is 6.69. The molecule has 4 nitrogen and oxygen atoms in total. The highest BCUT2D eigenvalue weighted by molar-refractivity contribution is 5.95. The van der Waals surface area contributed by atoms with Gasteiger partial charge in [0.1, 0.15) is 5.60 Å². The lowest BCUT2D eigenvalue weighted by molar-refractivity contribution is -0.0230. The van der Waals surface area contributed by atoms with Crippen LogP contribution in [0.2, 0.25) is 0 Å². The van der Waals surface area contributed by atoms with Gasteiger partial charge in [0.25, 0.3) is 0 Å². The second-order valence-corrected chi connectivity index (χ2v) is 9.20. The maximum atomic E-state index is 11.7. The summed E-state index contributed by atoms with van der Waals surface area (Å²) in [7, 11) is 0. The lowest BCUT2D eigenvalue weighted by atomic mass is 9.83.